The number of thiophene rings is 1. The van der Waals surface area contributed by atoms with E-state index < -0.39 is 0 Å². The van der Waals surface area contributed by atoms with E-state index in [2.05, 4.69) is 5.32 Å². The highest BCUT2D eigenvalue weighted by molar-refractivity contribution is 7.08. The fourth-order valence-corrected chi connectivity index (χ4v) is 2.92. The minimum atomic E-state index is -0.214. The van der Waals surface area contributed by atoms with E-state index >= 15 is 0 Å². The van der Waals surface area contributed by atoms with Crippen molar-refractivity contribution in [1.29, 1.82) is 0 Å². The van der Waals surface area contributed by atoms with Gasteiger partial charge >= 0.3 is 0 Å². The quantitative estimate of drug-likeness (QED) is 0.760. The van der Waals surface area contributed by atoms with Crippen LogP contribution in [0.25, 0.3) is 11.0 Å². The number of hydrogen-bond donors (Lipinski definition) is 1. The molecule has 1 atom stereocenters. The predicted molar refractivity (Wildman–Crippen MR) is 87.6 cm³/mol. The van der Waals surface area contributed by atoms with Gasteiger partial charge in [-0.15, -0.1) is 0 Å². The molecule has 2 heterocycles. The number of carbonyl (C=O) groups excluding carboxylic acids is 1. The van der Waals surface area contributed by atoms with E-state index in [0.29, 0.717) is 17.9 Å². The smallest absolute Gasteiger partial charge is 0.252 e. The molecule has 0 aliphatic heterocycles. The van der Waals surface area contributed by atoms with E-state index in [1.165, 1.54) is 11.3 Å². The molecule has 2 aromatic heterocycles. The van der Waals surface area contributed by atoms with Crippen LogP contribution in [0.3, 0.4) is 0 Å². The fraction of sp³-hybridized carbons (Fsp3) is 0.235. The Morgan fingerprint density at radius 2 is 2.27 bits per heavy atom. The molecular weight excluding hydrogens is 298 g/mol. The molecule has 0 radical (unpaired) electrons. The van der Waals surface area contributed by atoms with Gasteiger partial charge in [-0.1, -0.05) is 12.1 Å². The van der Waals surface area contributed by atoms with Gasteiger partial charge in [0.2, 0.25) is 0 Å². The summed E-state index contributed by atoms with van der Waals surface area (Å²) in [6.45, 7) is 4.42. The van der Waals surface area contributed by atoms with Gasteiger partial charge in [-0.3, -0.25) is 4.79 Å². The van der Waals surface area contributed by atoms with Gasteiger partial charge in [0.25, 0.3) is 5.91 Å². The molecule has 1 amide bonds. The SMILES string of the molecule is CCOc1cccc2cc([C@H](C)NC(=O)c3ccsc3)oc12. The number of rotatable bonds is 5. The van der Waals surface area contributed by atoms with Gasteiger partial charge in [0.05, 0.1) is 18.2 Å². The van der Waals surface area contributed by atoms with Crippen molar-refractivity contribution < 1.29 is 13.9 Å². The first kappa shape index (κ1) is 14.7. The predicted octanol–water partition coefficient (Wildman–Crippen LogP) is 4.38. The van der Waals surface area contributed by atoms with Crippen LogP contribution in [-0.2, 0) is 0 Å². The summed E-state index contributed by atoms with van der Waals surface area (Å²) in [5, 5.41) is 7.63. The summed E-state index contributed by atoms with van der Waals surface area (Å²) >= 11 is 1.50. The van der Waals surface area contributed by atoms with Crippen molar-refractivity contribution in [2.45, 2.75) is 19.9 Å². The molecule has 0 bridgehead atoms. The maximum Gasteiger partial charge on any atom is 0.252 e. The second kappa shape index (κ2) is 6.23. The lowest BCUT2D eigenvalue weighted by atomic mass is 10.2. The minimum absolute atomic E-state index is 0.0979. The summed E-state index contributed by atoms with van der Waals surface area (Å²) < 4.78 is 11.5. The van der Waals surface area contributed by atoms with Crippen molar-refractivity contribution in [3.05, 3.63) is 52.4 Å². The highest BCUT2D eigenvalue weighted by Crippen LogP contribution is 2.31. The zero-order valence-corrected chi connectivity index (χ0v) is 13.3. The second-order valence-corrected chi connectivity index (χ2v) is 5.74. The van der Waals surface area contributed by atoms with Crippen LogP contribution in [0, 0.1) is 0 Å². The van der Waals surface area contributed by atoms with Crippen molar-refractivity contribution in [2.75, 3.05) is 6.61 Å². The summed E-state index contributed by atoms with van der Waals surface area (Å²) in [4.78, 5) is 12.1. The number of furan rings is 1. The number of benzene rings is 1. The van der Waals surface area contributed by atoms with Gasteiger partial charge in [0.1, 0.15) is 5.76 Å². The van der Waals surface area contributed by atoms with Crippen LogP contribution in [0.2, 0.25) is 0 Å². The Hall–Kier alpha value is -2.27. The van der Waals surface area contributed by atoms with E-state index in [9.17, 15) is 4.79 Å². The van der Waals surface area contributed by atoms with Crippen molar-refractivity contribution in [1.82, 2.24) is 5.32 Å². The molecule has 0 aliphatic carbocycles. The summed E-state index contributed by atoms with van der Waals surface area (Å²) in [6.07, 6.45) is 0. The van der Waals surface area contributed by atoms with Gasteiger partial charge in [-0.2, -0.15) is 11.3 Å². The zero-order chi connectivity index (χ0) is 15.5. The van der Waals surface area contributed by atoms with Crippen molar-refractivity contribution in [3.63, 3.8) is 0 Å². The fourth-order valence-electron chi connectivity index (χ4n) is 2.28. The number of fused-ring (bicyclic) bond motifs is 1. The first-order valence-corrected chi connectivity index (χ1v) is 8.11. The van der Waals surface area contributed by atoms with Crippen LogP contribution in [0.15, 0.2) is 45.5 Å². The number of para-hydroxylation sites is 1. The van der Waals surface area contributed by atoms with Crippen molar-refractivity contribution in [3.8, 4) is 5.75 Å². The summed E-state index contributed by atoms with van der Waals surface area (Å²) in [7, 11) is 0. The average Bonchev–Trinajstić information content (AvgIpc) is 3.17. The maximum absolute atomic E-state index is 12.1. The summed E-state index contributed by atoms with van der Waals surface area (Å²) in [6, 6.07) is 9.32. The maximum atomic E-state index is 12.1. The van der Waals surface area contributed by atoms with E-state index in [1.807, 2.05) is 48.9 Å². The number of carbonyl (C=O) groups is 1. The molecule has 3 aromatic rings. The Labute approximate surface area is 132 Å². The molecule has 5 heteroatoms. The van der Waals surface area contributed by atoms with Crippen LogP contribution < -0.4 is 10.1 Å². The lowest BCUT2D eigenvalue weighted by molar-refractivity contribution is 0.0936. The van der Waals surface area contributed by atoms with E-state index in [4.69, 9.17) is 9.15 Å². The highest BCUT2D eigenvalue weighted by atomic mass is 32.1. The number of hydrogen-bond acceptors (Lipinski definition) is 4. The number of ether oxygens (including phenoxy) is 1. The van der Waals surface area contributed by atoms with E-state index in [0.717, 1.165) is 16.7 Å². The molecule has 0 saturated carbocycles. The standard InChI is InChI=1S/C17H17NO3S/c1-3-20-14-6-4-5-12-9-15(21-16(12)14)11(2)18-17(19)13-7-8-22-10-13/h4-11H,3H2,1-2H3,(H,18,19)/t11-/m0/s1. The third-order valence-electron chi connectivity index (χ3n) is 3.38. The van der Waals surface area contributed by atoms with Crippen LogP contribution in [-0.4, -0.2) is 12.5 Å². The van der Waals surface area contributed by atoms with Gasteiger partial charge < -0.3 is 14.5 Å². The largest absolute Gasteiger partial charge is 0.490 e. The Morgan fingerprint density at radius 3 is 3.00 bits per heavy atom. The first-order chi connectivity index (χ1) is 10.7. The third-order valence-corrected chi connectivity index (χ3v) is 4.07. The molecule has 22 heavy (non-hydrogen) atoms. The van der Waals surface area contributed by atoms with E-state index in [-0.39, 0.29) is 11.9 Å². The molecule has 0 aliphatic rings. The molecule has 1 N–H and O–H groups in total. The van der Waals surface area contributed by atoms with Crippen LogP contribution >= 0.6 is 11.3 Å². The topological polar surface area (TPSA) is 51.5 Å². The zero-order valence-electron chi connectivity index (χ0n) is 12.5. The summed E-state index contributed by atoms with van der Waals surface area (Å²) in [5.41, 5.74) is 1.39. The van der Waals surface area contributed by atoms with Gasteiger partial charge in [0.15, 0.2) is 11.3 Å². The average molecular weight is 315 g/mol. The molecule has 0 fully saturated rings. The van der Waals surface area contributed by atoms with Gasteiger partial charge in [0, 0.05) is 10.8 Å². The van der Waals surface area contributed by atoms with Crippen molar-refractivity contribution >= 4 is 28.2 Å². The van der Waals surface area contributed by atoms with Crippen LogP contribution in [0.4, 0.5) is 0 Å². The molecule has 3 rings (SSSR count). The van der Waals surface area contributed by atoms with Crippen molar-refractivity contribution in [2.24, 2.45) is 0 Å². The first-order valence-electron chi connectivity index (χ1n) is 7.17. The van der Waals surface area contributed by atoms with Crippen LogP contribution in [0.1, 0.15) is 36.0 Å². The minimum Gasteiger partial charge on any atom is -0.490 e. The number of amides is 1. The Morgan fingerprint density at radius 1 is 1.41 bits per heavy atom. The normalized spacial score (nSPS) is 12.3. The molecule has 1 aromatic carbocycles. The monoisotopic (exact) mass is 315 g/mol. The lowest BCUT2D eigenvalue weighted by Crippen LogP contribution is -2.25. The Bertz CT molecular complexity index is 776. The van der Waals surface area contributed by atoms with Gasteiger partial charge in [-0.05, 0) is 37.4 Å². The highest BCUT2D eigenvalue weighted by Gasteiger charge is 2.17. The third kappa shape index (κ3) is 2.85. The lowest BCUT2D eigenvalue weighted by Gasteiger charge is -2.10. The molecule has 0 unspecified atom stereocenters. The Balaban J connectivity index is 1.83. The molecular formula is C17H17NO3S. The summed E-state index contributed by atoms with van der Waals surface area (Å²) in [5.74, 6) is 1.34. The second-order valence-electron chi connectivity index (χ2n) is 4.96. The van der Waals surface area contributed by atoms with E-state index in [1.54, 1.807) is 6.07 Å². The van der Waals surface area contributed by atoms with Crippen LogP contribution in [0.5, 0.6) is 5.75 Å². The Kier molecular flexibility index (Phi) is 4.15. The number of nitrogens with one attached hydrogen (secondary N) is 1. The molecule has 0 spiro atoms. The molecule has 0 saturated heterocycles. The molecule has 4 nitrogen and oxygen atoms in total. The molecule has 114 valence electrons. The van der Waals surface area contributed by atoms with Gasteiger partial charge in [-0.25, -0.2) is 0 Å².